The second-order valence-corrected chi connectivity index (χ2v) is 4.39. The van der Waals surface area contributed by atoms with Crippen molar-refractivity contribution >= 4 is 22.9 Å². The maximum Gasteiger partial charge on any atom is 0.142 e. The number of rotatable bonds is 5. The highest BCUT2D eigenvalue weighted by Gasteiger charge is 2.12. The van der Waals surface area contributed by atoms with Crippen molar-refractivity contribution in [3.05, 3.63) is 42.2 Å². The molecule has 1 aromatic carbocycles. The predicted molar refractivity (Wildman–Crippen MR) is 80.1 cm³/mol. The number of aromatic nitrogens is 3. The van der Waals surface area contributed by atoms with Crippen molar-refractivity contribution in [2.75, 3.05) is 18.5 Å². The van der Waals surface area contributed by atoms with E-state index >= 15 is 0 Å². The van der Waals surface area contributed by atoms with Gasteiger partial charge in [-0.15, -0.1) is 5.10 Å². The first-order valence-corrected chi connectivity index (χ1v) is 6.69. The van der Waals surface area contributed by atoms with E-state index in [-0.39, 0.29) is 0 Å². The zero-order valence-corrected chi connectivity index (χ0v) is 11.9. The lowest BCUT2D eigenvalue weighted by molar-refractivity contribution is 0.473. The minimum absolute atomic E-state index is 0.710. The standard InChI is InChI=1S/C13H17N5S/c1-3-17(4-2)13(19)12-10-18(16-14-12)15-11-8-6-5-7-9-11/h5-10,15H,3-4H2,1-2H3. The number of benzene rings is 1. The van der Waals surface area contributed by atoms with Crippen molar-refractivity contribution in [3.63, 3.8) is 0 Å². The van der Waals surface area contributed by atoms with E-state index in [1.165, 1.54) is 0 Å². The summed E-state index contributed by atoms with van der Waals surface area (Å²) in [6.07, 6.45) is 1.80. The third kappa shape index (κ3) is 3.29. The predicted octanol–water partition coefficient (Wildman–Crippen LogP) is 2.17. The molecule has 0 saturated carbocycles. The molecule has 0 amide bonds. The van der Waals surface area contributed by atoms with Gasteiger partial charge < -0.3 is 4.90 Å². The van der Waals surface area contributed by atoms with Crippen molar-refractivity contribution < 1.29 is 0 Å². The molecule has 1 aromatic heterocycles. The fourth-order valence-electron chi connectivity index (χ4n) is 1.73. The van der Waals surface area contributed by atoms with Crippen molar-refractivity contribution in [1.82, 2.24) is 20.0 Å². The van der Waals surface area contributed by atoms with E-state index in [1.807, 2.05) is 30.3 Å². The highest BCUT2D eigenvalue weighted by Crippen LogP contribution is 2.06. The van der Waals surface area contributed by atoms with E-state index < -0.39 is 0 Å². The number of nitrogens with one attached hydrogen (secondary N) is 1. The van der Waals surface area contributed by atoms with E-state index in [1.54, 1.807) is 11.0 Å². The average molecular weight is 275 g/mol. The number of thiocarbonyl (C=S) groups is 1. The highest BCUT2D eigenvalue weighted by atomic mass is 32.1. The van der Waals surface area contributed by atoms with Crippen LogP contribution in [0.2, 0.25) is 0 Å². The molecule has 19 heavy (non-hydrogen) atoms. The molecular weight excluding hydrogens is 258 g/mol. The Hall–Kier alpha value is -1.95. The van der Waals surface area contributed by atoms with Crippen LogP contribution in [-0.4, -0.2) is 38.1 Å². The molecule has 0 aliphatic heterocycles. The van der Waals surface area contributed by atoms with Crippen LogP contribution < -0.4 is 5.43 Å². The summed E-state index contributed by atoms with van der Waals surface area (Å²) in [6, 6.07) is 9.81. The number of hydrogen-bond acceptors (Lipinski definition) is 4. The van der Waals surface area contributed by atoms with Crippen LogP contribution in [0.3, 0.4) is 0 Å². The number of hydrogen-bond donors (Lipinski definition) is 1. The minimum Gasteiger partial charge on any atom is -0.361 e. The molecule has 1 heterocycles. The van der Waals surface area contributed by atoms with Gasteiger partial charge in [-0.1, -0.05) is 30.4 Å². The Kier molecular flexibility index (Phi) is 4.46. The number of anilines is 1. The van der Waals surface area contributed by atoms with E-state index in [2.05, 4.69) is 34.5 Å². The molecule has 0 spiro atoms. The topological polar surface area (TPSA) is 46.0 Å². The number of nitrogens with zero attached hydrogens (tertiary/aromatic N) is 4. The van der Waals surface area contributed by atoms with Gasteiger partial charge in [0, 0.05) is 13.1 Å². The fourth-order valence-corrected chi connectivity index (χ4v) is 2.09. The summed E-state index contributed by atoms with van der Waals surface area (Å²) in [5.74, 6) is 0. The minimum atomic E-state index is 0.710. The second kappa shape index (κ2) is 6.29. The third-order valence-corrected chi connectivity index (χ3v) is 3.25. The molecule has 6 heteroatoms. The van der Waals surface area contributed by atoms with Crippen molar-refractivity contribution in [2.24, 2.45) is 0 Å². The van der Waals surface area contributed by atoms with Crippen LogP contribution in [0.5, 0.6) is 0 Å². The maximum atomic E-state index is 5.40. The summed E-state index contributed by atoms with van der Waals surface area (Å²) < 4.78 is 0. The summed E-state index contributed by atoms with van der Waals surface area (Å²) in [7, 11) is 0. The Morgan fingerprint density at radius 3 is 2.58 bits per heavy atom. The SMILES string of the molecule is CCN(CC)C(=S)c1cn(Nc2ccccc2)nn1. The first kappa shape index (κ1) is 13.5. The summed E-state index contributed by atoms with van der Waals surface area (Å²) in [6.45, 7) is 5.88. The Morgan fingerprint density at radius 1 is 1.26 bits per heavy atom. The van der Waals surface area contributed by atoms with Crippen molar-refractivity contribution in [1.29, 1.82) is 0 Å². The van der Waals surface area contributed by atoms with Gasteiger partial charge in [-0.05, 0) is 31.2 Å². The van der Waals surface area contributed by atoms with E-state index in [0.29, 0.717) is 5.69 Å². The summed E-state index contributed by atoms with van der Waals surface area (Å²) in [4.78, 5) is 4.37. The molecule has 0 atom stereocenters. The molecule has 0 aliphatic carbocycles. The fraction of sp³-hybridized carbons (Fsp3) is 0.308. The molecule has 2 rings (SSSR count). The van der Waals surface area contributed by atoms with Crippen LogP contribution in [0.15, 0.2) is 36.5 Å². The lowest BCUT2D eigenvalue weighted by Gasteiger charge is -2.19. The lowest BCUT2D eigenvalue weighted by atomic mass is 10.3. The van der Waals surface area contributed by atoms with Gasteiger partial charge >= 0.3 is 0 Å². The third-order valence-electron chi connectivity index (χ3n) is 2.78. The normalized spacial score (nSPS) is 10.2. The Morgan fingerprint density at radius 2 is 1.95 bits per heavy atom. The van der Waals surface area contributed by atoms with Gasteiger partial charge in [0.2, 0.25) is 0 Å². The maximum absolute atomic E-state index is 5.40. The molecule has 0 bridgehead atoms. The summed E-state index contributed by atoms with van der Waals surface area (Å²) >= 11 is 5.40. The van der Waals surface area contributed by atoms with Crippen LogP contribution in [0.1, 0.15) is 19.5 Å². The lowest BCUT2D eigenvalue weighted by Crippen LogP contribution is -2.29. The average Bonchev–Trinajstić information content (AvgIpc) is 2.89. The molecule has 0 unspecified atom stereocenters. The van der Waals surface area contributed by atoms with Gasteiger partial charge in [0.05, 0.1) is 11.9 Å². The smallest absolute Gasteiger partial charge is 0.142 e. The van der Waals surface area contributed by atoms with Gasteiger partial charge in [0.25, 0.3) is 0 Å². The van der Waals surface area contributed by atoms with Crippen LogP contribution >= 0.6 is 12.2 Å². The molecule has 0 radical (unpaired) electrons. The molecule has 2 aromatic rings. The van der Waals surface area contributed by atoms with Gasteiger partial charge in [0.15, 0.2) is 0 Å². The van der Waals surface area contributed by atoms with Crippen molar-refractivity contribution in [2.45, 2.75) is 13.8 Å². The monoisotopic (exact) mass is 275 g/mol. The first-order valence-electron chi connectivity index (χ1n) is 6.28. The molecule has 5 nitrogen and oxygen atoms in total. The molecule has 0 saturated heterocycles. The van der Waals surface area contributed by atoms with Crippen LogP contribution in [0, 0.1) is 0 Å². The Labute approximate surface area is 118 Å². The zero-order chi connectivity index (χ0) is 13.7. The van der Waals surface area contributed by atoms with E-state index in [9.17, 15) is 0 Å². The summed E-state index contributed by atoms with van der Waals surface area (Å²) in [5, 5.41) is 8.12. The Bertz CT molecular complexity index is 533. The summed E-state index contributed by atoms with van der Waals surface area (Å²) in [5.41, 5.74) is 4.78. The van der Waals surface area contributed by atoms with Gasteiger partial charge in [-0.2, -0.15) is 4.79 Å². The zero-order valence-electron chi connectivity index (χ0n) is 11.1. The molecular formula is C13H17N5S. The molecule has 100 valence electrons. The first-order chi connectivity index (χ1) is 9.24. The van der Waals surface area contributed by atoms with Gasteiger partial charge in [-0.3, -0.25) is 5.43 Å². The van der Waals surface area contributed by atoms with Crippen molar-refractivity contribution in [3.8, 4) is 0 Å². The van der Waals surface area contributed by atoms with Crippen LogP contribution in [-0.2, 0) is 0 Å². The van der Waals surface area contributed by atoms with Gasteiger partial charge in [-0.25, -0.2) is 0 Å². The van der Waals surface area contributed by atoms with Crippen LogP contribution in [0.4, 0.5) is 5.69 Å². The molecule has 1 N–H and O–H groups in total. The van der Waals surface area contributed by atoms with E-state index in [0.717, 1.165) is 23.8 Å². The molecule has 0 aliphatic rings. The van der Waals surface area contributed by atoms with E-state index in [4.69, 9.17) is 12.2 Å². The second-order valence-electron chi connectivity index (χ2n) is 4.00. The highest BCUT2D eigenvalue weighted by molar-refractivity contribution is 7.80. The van der Waals surface area contributed by atoms with Gasteiger partial charge in [0.1, 0.15) is 10.7 Å². The number of para-hydroxylation sites is 1. The Balaban J connectivity index is 2.09. The van der Waals surface area contributed by atoms with Crippen LogP contribution in [0.25, 0.3) is 0 Å². The molecule has 0 fully saturated rings. The quantitative estimate of drug-likeness (QED) is 0.847. The largest absolute Gasteiger partial charge is 0.361 e.